The molecule has 0 saturated carbocycles. The number of nitrogens with one attached hydrogen (secondary N) is 1. The Morgan fingerprint density at radius 2 is 1.91 bits per heavy atom. The number of benzene rings is 2. The summed E-state index contributed by atoms with van der Waals surface area (Å²) in [5, 5.41) is 0. The summed E-state index contributed by atoms with van der Waals surface area (Å²) in [6.45, 7) is 1.78. The molecular formula is C15H13FN2O3S. The van der Waals surface area contributed by atoms with Crippen molar-refractivity contribution in [3.63, 3.8) is 0 Å². The van der Waals surface area contributed by atoms with Gasteiger partial charge in [0.25, 0.3) is 0 Å². The van der Waals surface area contributed by atoms with Gasteiger partial charge in [0.2, 0.25) is 10.0 Å². The summed E-state index contributed by atoms with van der Waals surface area (Å²) in [5.41, 5.74) is 1.69. The molecule has 0 radical (unpaired) electrons. The van der Waals surface area contributed by atoms with Crippen LogP contribution < -0.4 is 4.72 Å². The molecule has 114 valence electrons. The third-order valence-corrected chi connectivity index (χ3v) is 4.55. The number of aryl methyl sites for hydroxylation is 1. The average Bonchev–Trinajstić information content (AvgIpc) is 2.86. The highest BCUT2D eigenvalue weighted by Gasteiger charge is 2.15. The van der Waals surface area contributed by atoms with Gasteiger partial charge in [0.05, 0.1) is 4.90 Å². The molecule has 3 rings (SSSR count). The van der Waals surface area contributed by atoms with Gasteiger partial charge in [0, 0.05) is 13.5 Å². The first-order valence-corrected chi connectivity index (χ1v) is 8.04. The molecule has 0 atom stereocenters. The molecular weight excluding hydrogens is 307 g/mol. The number of sulfonamides is 1. The molecule has 1 N–H and O–H groups in total. The molecule has 5 nitrogen and oxygen atoms in total. The van der Waals surface area contributed by atoms with Gasteiger partial charge in [-0.15, -0.1) is 0 Å². The summed E-state index contributed by atoms with van der Waals surface area (Å²) in [6.07, 6.45) is 0. The van der Waals surface area contributed by atoms with E-state index in [2.05, 4.69) is 9.71 Å². The highest BCUT2D eigenvalue weighted by molar-refractivity contribution is 7.89. The lowest BCUT2D eigenvalue weighted by atomic mass is 10.2. The number of hydrogen-bond donors (Lipinski definition) is 1. The van der Waals surface area contributed by atoms with Crippen LogP contribution in [-0.2, 0) is 16.6 Å². The molecule has 0 bridgehead atoms. The van der Waals surface area contributed by atoms with Crippen LogP contribution in [0.1, 0.15) is 11.5 Å². The minimum Gasteiger partial charge on any atom is -0.441 e. The van der Waals surface area contributed by atoms with Crippen molar-refractivity contribution in [1.29, 1.82) is 0 Å². The van der Waals surface area contributed by atoms with Gasteiger partial charge in [-0.1, -0.05) is 12.1 Å². The Labute approximate surface area is 126 Å². The van der Waals surface area contributed by atoms with Crippen LogP contribution in [-0.4, -0.2) is 13.4 Å². The summed E-state index contributed by atoms with van der Waals surface area (Å²) in [7, 11) is -3.68. The zero-order valence-corrected chi connectivity index (χ0v) is 12.5. The van der Waals surface area contributed by atoms with E-state index in [1.807, 2.05) is 0 Å². The smallest absolute Gasteiger partial charge is 0.240 e. The van der Waals surface area contributed by atoms with Gasteiger partial charge < -0.3 is 4.42 Å². The van der Waals surface area contributed by atoms with Crippen molar-refractivity contribution in [2.24, 2.45) is 0 Å². The molecule has 2 aromatic carbocycles. The van der Waals surface area contributed by atoms with Crippen LogP contribution in [0.4, 0.5) is 4.39 Å². The van der Waals surface area contributed by atoms with Gasteiger partial charge in [-0.3, -0.25) is 0 Å². The van der Waals surface area contributed by atoms with Gasteiger partial charge in [-0.2, -0.15) is 0 Å². The van der Waals surface area contributed by atoms with Crippen LogP contribution >= 0.6 is 0 Å². The van der Waals surface area contributed by atoms with Crippen molar-refractivity contribution in [1.82, 2.24) is 9.71 Å². The first kappa shape index (κ1) is 14.7. The molecule has 0 saturated heterocycles. The molecule has 0 fully saturated rings. The highest BCUT2D eigenvalue weighted by Crippen LogP contribution is 2.19. The summed E-state index contributed by atoms with van der Waals surface area (Å²) in [6, 6.07) is 10.1. The van der Waals surface area contributed by atoms with Gasteiger partial charge >= 0.3 is 0 Å². The maximum absolute atomic E-state index is 12.8. The molecule has 22 heavy (non-hydrogen) atoms. The Kier molecular flexibility index (Phi) is 3.67. The van der Waals surface area contributed by atoms with E-state index in [9.17, 15) is 12.8 Å². The van der Waals surface area contributed by atoms with Crippen LogP contribution in [0.25, 0.3) is 11.1 Å². The quantitative estimate of drug-likeness (QED) is 0.802. The fraction of sp³-hybridized carbons (Fsp3) is 0.133. The lowest BCUT2D eigenvalue weighted by Gasteiger charge is -2.06. The average molecular weight is 320 g/mol. The van der Waals surface area contributed by atoms with E-state index in [-0.39, 0.29) is 17.3 Å². The number of halogens is 1. The van der Waals surface area contributed by atoms with E-state index in [1.165, 1.54) is 36.4 Å². The fourth-order valence-corrected chi connectivity index (χ4v) is 3.09. The third kappa shape index (κ3) is 3.00. The minimum atomic E-state index is -3.68. The second kappa shape index (κ2) is 5.51. The lowest BCUT2D eigenvalue weighted by molar-refractivity contribution is 0.561. The van der Waals surface area contributed by atoms with Crippen molar-refractivity contribution in [2.45, 2.75) is 18.4 Å². The van der Waals surface area contributed by atoms with Crippen molar-refractivity contribution in [2.75, 3.05) is 0 Å². The zero-order valence-electron chi connectivity index (χ0n) is 11.7. The van der Waals surface area contributed by atoms with Crippen LogP contribution in [0.15, 0.2) is 51.8 Å². The number of fused-ring (bicyclic) bond motifs is 1. The number of oxazole rings is 1. The molecule has 0 aliphatic carbocycles. The van der Waals surface area contributed by atoms with Crippen LogP contribution in [0, 0.1) is 12.7 Å². The third-order valence-electron chi connectivity index (χ3n) is 3.16. The Hall–Kier alpha value is -2.25. The SMILES string of the molecule is Cc1nc2cc(S(=O)(=O)NCc3ccc(F)cc3)ccc2o1. The van der Waals surface area contributed by atoms with Crippen molar-refractivity contribution in [3.8, 4) is 0 Å². The van der Waals surface area contributed by atoms with Crippen LogP contribution in [0.5, 0.6) is 0 Å². The van der Waals surface area contributed by atoms with Crippen molar-refractivity contribution >= 4 is 21.1 Å². The molecule has 0 aliphatic rings. The molecule has 0 spiro atoms. The van der Waals surface area contributed by atoms with E-state index in [0.29, 0.717) is 22.6 Å². The minimum absolute atomic E-state index is 0.0818. The van der Waals surface area contributed by atoms with Crippen LogP contribution in [0.3, 0.4) is 0 Å². The van der Waals surface area contributed by atoms with Crippen molar-refractivity contribution < 1.29 is 17.2 Å². The van der Waals surface area contributed by atoms with E-state index in [1.54, 1.807) is 13.0 Å². The highest BCUT2D eigenvalue weighted by atomic mass is 32.2. The van der Waals surface area contributed by atoms with Gasteiger partial charge in [0.15, 0.2) is 11.5 Å². The van der Waals surface area contributed by atoms with Crippen LogP contribution in [0.2, 0.25) is 0 Å². The fourth-order valence-electron chi connectivity index (χ4n) is 2.05. The van der Waals surface area contributed by atoms with Crippen molar-refractivity contribution in [3.05, 3.63) is 59.7 Å². The van der Waals surface area contributed by atoms with E-state index < -0.39 is 10.0 Å². The Morgan fingerprint density at radius 3 is 2.64 bits per heavy atom. The van der Waals surface area contributed by atoms with Gasteiger partial charge in [-0.05, 0) is 35.9 Å². The number of aromatic nitrogens is 1. The normalized spacial score (nSPS) is 11.9. The Balaban J connectivity index is 1.82. The summed E-state index contributed by atoms with van der Waals surface area (Å²) in [5.74, 6) is 0.113. The second-order valence-corrected chi connectivity index (χ2v) is 6.58. The van der Waals surface area contributed by atoms with E-state index >= 15 is 0 Å². The molecule has 1 heterocycles. The summed E-state index contributed by atoms with van der Waals surface area (Å²) in [4.78, 5) is 4.22. The Morgan fingerprint density at radius 1 is 1.18 bits per heavy atom. The second-order valence-electron chi connectivity index (χ2n) is 4.81. The molecule has 0 amide bonds. The zero-order chi connectivity index (χ0) is 15.7. The van der Waals surface area contributed by atoms with E-state index in [4.69, 9.17) is 4.42 Å². The predicted octanol–water partition coefficient (Wildman–Crippen LogP) is 2.75. The van der Waals surface area contributed by atoms with E-state index in [0.717, 1.165) is 0 Å². The lowest BCUT2D eigenvalue weighted by Crippen LogP contribution is -2.23. The number of hydrogen-bond acceptors (Lipinski definition) is 4. The first-order valence-electron chi connectivity index (χ1n) is 6.55. The maximum atomic E-state index is 12.8. The summed E-state index contributed by atoms with van der Waals surface area (Å²) < 4.78 is 45.2. The monoisotopic (exact) mass is 320 g/mol. The number of nitrogens with zero attached hydrogens (tertiary/aromatic N) is 1. The molecule has 3 aromatic rings. The van der Waals surface area contributed by atoms with Gasteiger partial charge in [-0.25, -0.2) is 22.5 Å². The standard InChI is InChI=1S/C15H13FN2O3S/c1-10-18-14-8-13(6-7-15(14)21-10)22(19,20)17-9-11-2-4-12(16)5-3-11/h2-8,17H,9H2,1H3. The molecule has 1 aromatic heterocycles. The number of rotatable bonds is 4. The largest absolute Gasteiger partial charge is 0.441 e. The first-order chi connectivity index (χ1) is 10.4. The maximum Gasteiger partial charge on any atom is 0.240 e. The molecule has 7 heteroatoms. The predicted molar refractivity (Wildman–Crippen MR) is 79.2 cm³/mol. The molecule has 0 unspecified atom stereocenters. The topological polar surface area (TPSA) is 72.2 Å². The Bertz CT molecular complexity index is 918. The van der Waals surface area contributed by atoms with Gasteiger partial charge in [0.1, 0.15) is 11.3 Å². The molecule has 0 aliphatic heterocycles. The summed E-state index contributed by atoms with van der Waals surface area (Å²) >= 11 is 0.